The number of aromatic amines is 1. The highest BCUT2D eigenvalue weighted by atomic mass is 19.3. The number of likely N-dealkylation sites (tertiary alicyclic amines) is 1. The van der Waals surface area contributed by atoms with Crippen molar-refractivity contribution in [2.24, 2.45) is 11.8 Å². The Morgan fingerprint density at radius 3 is 2.61 bits per heavy atom. The number of methoxy groups -OCH3 is 1. The molecule has 0 bridgehead atoms. The van der Waals surface area contributed by atoms with Crippen molar-refractivity contribution in [2.75, 3.05) is 25.5 Å². The molecular weight excluding hydrogens is 499 g/mol. The minimum Gasteiger partial charge on any atom is -0.480 e. The van der Waals surface area contributed by atoms with E-state index in [9.17, 15) is 13.6 Å². The van der Waals surface area contributed by atoms with E-state index in [0.717, 1.165) is 25.9 Å². The predicted octanol–water partition coefficient (Wildman–Crippen LogP) is 4.36. The summed E-state index contributed by atoms with van der Waals surface area (Å²) in [7, 11) is 1.50. The first-order chi connectivity index (χ1) is 18.2. The molecule has 2 N–H and O–H groups in total. The number of carbonyl (C=O) groups is 1. The van der Waals surface area contributed by atoms with Crippen LogP contribution in [0.15, 0.2) is 18.3 Å². The van der Waals surface area contributed by atoms with E-state index in [0.29, 0.717) is 57.2 Å². The molecule has 1 saturated heterocycles. The van der Waals surface area contributed by atoms with E-state index in [1.165, 1.54) is 17.7 Å². The molecule has 3 aromatic heterocycles. The topological polar surface area (TPSA) is 101 Å². The molecule has 12 heteroatoms. The molecule has 6 rings (SSSR count). The molecule has 38 heavy (non-hydrogen) atoms. The fraction of sp³-hybridized carbons (Fsp3) is 0.462. The van der Waals surface area contributed by atoms with Crippen molar-refractivity contribution < 1.29 is 22.7 Å². The molecule has 9 nitrogen and oxygen atoms in total. The number of hydrogen-bond donors (Lipinski definition) is 2. The van der Waals surface area contributed by atoms with Gasteiger partial charge in [-0.3, -0.25) is 4.79 Å². The van der Waals surface area contributed by atoms with Crippen LogP contribution in [0.5, 0.6) is 5.88 Å². The number of fused-ring (bicyclic) bond motifs is 3. The van der Waals surface area contributed by atoms with Crippen LogP contribution in [0.3, 0.4) is 0 Å². The SMILES string of the molecule is COc1nc(N[C@H]2C[C@@H]3CN(C(C)=O)C[C@@H]3C2)nc2[nH]cc(-c3cc(F)c4nc(C)n(CC(F)F)c4c3)c12. The average molecular weight is 528 g/mol. The highest BCUT2D eigenvalue weighted by molar-refractivity contribution is 5.99. The highest BCUT2D eigenvalue weighted by Gasteiger charge is 2.41. The van der Waals surface area contributed by atoms with Crippen LogP contribution in [0.4, 0.5) is 19.1 Å². The summed E-state index contributed by atoms with van der Waals surface area (Å²) in [5.41, 5.74) is 1.91. The maximum atomic E-state index is 15.0. The quantitative estimate of drug-likeness (QED) is 0.386. The van der Waals surface area contributed by atoms with E-state index in [4.69, 9.17) is 4.74 Å². The third kappa shape index (κ3) is 4.11. The van der Waals surface area contributed by atoms with Crippen molar-refractivity contribution in [3.63, 3.8) is 0 Å². The lowest BCUT2D eigenvalue weighted by molar-refractivity contribution is -0.128. The van der Waals surface area contributed by atoms with Gasteiger partial charge in [-0.1, -0.05) is 0 Å². The molecule has 1 aliphatic heterocycles. The largest absolute Gasteiger partial charge is 0.480 e. The van der Waals surface area contributed by atoms with Gasteiger partial charge in [0.05, 0.1) is 24.6 Å². The van der Waals surface area contributed by atoms with Crippen molar-refractivity contribution in [3.8, 4) is 17.0 Å². The number of benzene rings is 1. The number of rotatable bonds is 6. The Morgan fingerprint density at radius 1 is 1.21 bits per heavy atom. The van der Waals surface area contributed by atoms with E-state index >= 15 is 4.39 Å². The third-order valence-corrected chi connectivity index (χ3v) is 7.85. The molecule has 4 heterocycles. The number of imidazole rings is 1. The molecule has 1 aromatic carbocycles. The molecule has 4 aromatic rings. The molecule has 200 valence electrons. The first kappa shape index (κ1) is 24.5. The van der Waals surface area contributed by atoms with Crippen LogP contribution in [0.1, 0.15) is 25.6 Å². The van der Waals surface area contributed by atoms with Crippen LogP contribution >= 0.6 is 0 Å². The van der Waals surface area contributed by atoms with Gasteiger partial charge in [-0.2, -0.15) is 9.97 Å². The molecule has 2 fully saturated rings. The smallest absolute Gasteiger partial charge is 0.256 e. The summed E-state index contributed by atoms with van der Waals surface area (Å²) in [6.45, 7) is 4.20. The number of H-pyrrole nitrogens is 1. The van der Waals surface area contributed by atoms with Gasteiger partial charge in [-0.05, 0) is 49.3 Å². The number of carbonyl (C=O) groups excluding carboxylic acids is 1. The molecule has 1 aliphatic carbocycles. The number of aromatic nitrogens is 5. The zero-order valence-electron chi connectivity index (χ0n) is 21.3. The van der Waals surface area contributed by atoms with Crippen LogP contribution < -0.4 is 10.1 Å². The third-order valence-electron chi connectivity index (χ3n) is 7.85. The second kappa shape index (κ2) is 9.17. The lowest BCUT2D eigenvalue weighted by Gasteiger charge is -2.18. The molecular formula is C26H28F3N7O2. The fourth-order valence-electron chi connectivity index (χ4n) is 6.12. The number of halogens is 3. The number of aryl methyl sites for hydroxylation is 1. The summed E-state index contributed by atoms with van der Waals surface area (Å²) < 4.78 is 48.3. The van der Waals surface area contributed by atoms with Crippen LogP contribution in [-0.4, -0.2) is 68.0 Å². The van der Waals surface area contributed by atoms with Crippen LogP contribution in [0.25, 0.3) is 33.2 Å². The van der Waals surface area contributed by atoms with E-state index in [1.807, 2.05) is 4.90 Å². The zero-order chi connectivity index (χ0) is 26.7. The minimum atomic E-state index is -2.60. The van der Waals surface area contributed by atoms with Crippen molar-refractivity contribution in [1.29, 1.82) is 0 Å². The maximum Gasteiger partial charge on any atom is 0.256 e. The Kier molecular flexibility index (Phi) is 5.92. The van der Waals surface area contributed by atoms with Crippen LogP contribution in [-0.2, 0) is 11.3 Å². The number of ether oxygens (including phenoxy) is 1. The lowest BCUT2D eigenvalue weighted by atomic mass is 10.0. The molecule has 0 spiro atoms. The maximum absolute atomic E-state index is 15.0. The number of amides is 1. The summed E-state index contributed by atoms with van der Waals surface area (Å²) in [4.78, 5) is 30.1. The summed E-state index contributed by atoms with van der Waals surface area (Å²) in [5, 5.41) is 3.99. The normalized spacial score (nSPS) is 21.1. The van der Waals surface area contributed by atoms with Gasteiger partial charge in [-0.25, -0.2) is 18.2 Å². The Bertz CT molecular complexity index is 1540. The standard InChI is InChI=1S/C26H28F3N7O2/c1-12-31-23-19(27)6-14(7-20(23)36(12)11-21(28)29)18-8-30-24-22(18)25(38-3)34-26(33-24)32-17-4-15-9-35(13(2)37)10-16(15)5-17/h6-8,15-17,21H,4-5,9-11H2,1-3H3,(H2,30,32,33,34)/t15-,16+,17+. The van der Waals surface area contributed by atoms with Gasteiger partial charge in [0.2, 0.25) is 17.7 Å². The van der Waals surface area contributed by atoms with Gasteiger partial charge >= 0.3 is 0 Å². The summed E-state index contributed by atoms with van der Waals surface area (Å²) in [5.74, 6) is 1.50. The predicted molar refractivity (Wildman–Crippen MR) is 136 cm³/mol. The zero-order valence-corrected chi connectivity index (χ0v) is 21.3. The van der Waals surface area contributed by atoms with Gasteiger partial charge in [0, 0.05) is 37.8 Å². The second-order valence-electron chi connectivity index (χ2n) is 10.2. The number of nitrogens with zero attached hydrogens (tertiary/aromatic N) is 5. The summed E-state index contributed by atoms with van der Waals surface area (Å²) in [6, 6.07) is 3.17. The monoisotopic (exact) mass is 527 g/mol. The molecule has 3 atom stereocenters. The Hall–Kier alpha value is -3.83. The van der Waals surface area contributed by atoms with Crippen molar-refractivity contribution in [2.45, 2.75) is 45.7 Å². The molecule has 0 radical (unpaired) electrons. The number of nitrogens with one attached hydrogen (secondary N) is 2. The van der Waals surface area contributed by atoms with Crippen molar-refractivity contribution >= 4 is 33.9 Å². The van der Waals surface area contributed by atoms with Crippen molar-refractivity contribution in [1.82, 2.24) is 29.4 Å². The summed E-state index contributed by atoms with van der Waals surface area (Å²) >= 11 is 0. The molecule has 1 saturated carbocycles. The van der Waals surface area contributed by atoms with Crippen LogP contribution in [0.2, 0.25) is 0 Å². The van der Waals surface area contributed by atoms with E-state index in [1.54, 1.807) is 26.1 Å². The first-order valence-electron chi connectivity index (χ1n) is 12.6. The molecule has 0 unspecified atom stereocenters. The second-order valence-corrected chi connectivity index (χ2v) is 10.2. The fourth-order valence-corrected chi connectivity index (χ4v) is 6.12. The molecule has 2 aliphatic rings. The van der Waals surface area contributed by atoms with E-state index in [2.05, 4.69) is 25.3 Å². The highest BCUT2D eigenvalue weighted by Crippen LogP contribution is 2.40. The number of hydrogen-bond acceptors (Lipinski definition) is 6. The molecule has 1 amide bonds. The Morgan fingerprint density at radius 2 is 1.95 bits per heavy atom. The average Bonchev–Trinajstić information content (AvgIpc) is 3.61. The first-order valence-corrected chi connectivity index (χ1v) is 12.6. The van der Waals surface area contributed by atoms with Gasteiger partial charge in [0.15, 0.2) is 5.82 Å². The Labute approximate surface area is 216 Å². The summed E-state index contributed by atoms with van der Waals surface area (Å²) in [6.07, 6.45) is 0.944. The van der Waals surface area contributed by atoms with Gasteiger partial charge < -0.3 is 24.5 Å². The Balaban J connectivity index is 1.31. The van der Waals surface area contributed by atoms with Crippen LogP contribution in [0, 0.1) is 24.6 Å². The van der Waals surface area contributed by atoms with E-state index in [-0.39, 0.29) is 17.5 Å². The van der Waals surface area contributed by atoms with Gasteiger partial charge in [0.25, 0.3) is 6.43 Å². The lowest BCUT2D eigenvalue weighted by Crippen LogP contribution is -2.29. The van der Waals surface area contributed by atoms with E-state index < -0.39 is 18.8 Å². The van der Waals surface area contributed by atoms with Gasteiger partial charge in [-0.15, -0.1) is 0 Å². The minimum absolute atomic E-state index is 0.0502. The number of anilines is 1. The van der Waals surface area contributed by atoms with Gasteiger partial charge in [0.1, 0.15) is 17.0 Å². The van der Waals surface area contributed by atoms with Crippen molar-refractivity contribution in [3.05, 3.63) is 30.0 Å². The number of alkyl halides is 2.